The maximum Gasteiger partial charge on any atom is 0.269 e. The molecule has 1 N–H and O–H groups in total. The maximum atomic E-state index is 11.9. The quantitative estimate of drug-likeness (QED) is 0.917. The molecule has 2 heterocycles. The Balaban J connectivity index is 2.13. The minimum Gasteiger partial charge on any atom is -0.384 e. The molecule has 2 rings (SSSR count). The van der Waals surface area contributed by atoms with E-state index in [1.165, 1.54) is 4.68 Å². The van der Waals surface area contributed by atoms with Crippen LogP contribution in [-0.4, -0.2) is 21.3 Å². The first-order valence-electron chi connectivity index (χ1n) is 6.10. The molecule has 0 fully saturated rings. The fourth-order valence-corrected chi connectivity index (χ4v) is 1.81. The van der Waals surface area contributed by atoms with Crippen LogP contribution in [0.5, 0.6) is 0 Å². The van der Waals surface area contributed by atoms with Gasteiger partial charge in [-0.05, 0) is 34.5 Å². The summed E-state index contributed by atoms with van der Waals surface area (Å²) in [5.41, 5.74) is 1.42. The summed E-state index contributed by atoms with van der Waals surface area (Å²) in [6.07, 6.45) is 4.37. The third-order valence-corrected chi connectivity index (χ3v) is 3.02. The van der Waals surface area contributed by atoms with Gasteiger partial charge in [-0.2, -0.15) is 5.10 Å². The smallest absolute Gasteiger partial charge is 0.269 e. The minimum atomic E-state index is -0.133. The lowest BCUT2D eigenvalue weighted by molar-refractivity contribution is 0.628. The Morgan fingerprint density at radius 2 is 2.21 bits per heavy atom. The molecule has 0 amide bonds. The van der Waals surface area contributed by atoms with Crippen LogP contribution < -0.4 is 10.9 Å². The van der Waals surface area contributed by atoms with Crippen LogP contribution in [0.25, 0.3) is 0 Å². The minimum absolute atomic E-state index is 0.133. The van der Waals surface area contributed by atoms with Crippen LogP contribution in [0.4, 0.5) is 5.69 Å². The molecule has 0 aromatic carbocycles. The Morgan fingerprint density at radius 1 is 1.37 bits per heavy atom. The van der Waals surface area contributed by atoms with Crippen molar-refractivity contribution in [2.45, 2.75) is 19.9 Å². The van der Waals surface area contributed by atoms with Crippen LogP contribution in [0.3, 0.4) is 0 Å². The number of anilines is 1. The Hall–Kier alpha value is -1.69. The third-order valence-electron chi connectivity index (χ3n) is 2.55. The van der Waals surface area contributed by atoms with E-state index in [1.807, 2.05) is 12.1 Å². The highest BCUT2D eigenvalue weighted by Gasteiger charge is 2.02. The summed E-state index contributed by atoms with van der Waals surface area (Å²) < 4.78 is 2.31. The molecular formula is C13H15BrN4O. The second-order valence-electron chi connectivity index (χ2n) is 4.13. The number of aromatic nitrogens is 3. The van der Waals surface area contributed by atoms with Crippen molar-refractivity contribution in [2.75, 3.05) is 11.9 Å². The SMILES string of the molecule is CCCNc1cnn(Cc2ccc(Br)cn2)c(=O)c1. The van der Waals surface area contributed by atoms with Crippen LogP contribution in [0, 0.1) is 0 Å². The van der Waals surface area contributed by atoms with E-state index >= 15 is 0 Å². The fourth-order valence-electron chi connectivity index (χ4n) is 1.57. The van der Waals surface area contributed by atoms with Gasteiger partial charge in [-0.15, -0.1) is 0 Å². The second kappa shape index (κ2) is 6.47. The average Bonchev–Trinajstić information content (AvgIpc) is 2.41. The molecular weight excluding hydrogens is 308 g/mol. The van der Waals surface area contributed by atoms with Gasteiger partial charge in [-0.25, -0.2) is 4.68 Å². The van der Waals surface area contributed by atoms with Gasteiger partial charge in [0.05, 0.1) is 24.1 Å². The van der Waals surface area contributed by atoms with Crippen LogP contribution in [0.1, 0.15) is 19.0 Å². The summed E-state index contributed by atoms with van der Waals surface area (Å²) in [5, 5.41) is 7.27. The van der Waals surface area contributed by atoms with E-state index in [1.54, 1.807) is 18.5 Å². The van der Waals surface area contributed by atoms with Crippen molar-refractivity contribution in [3.05, 3.63) is 51.1 Å². The molecule has 0 spiro atoms. The van der Waals surface area contributed by atoms with E-state index in [2.05, 4.69) is 38.3 Å². The van der Waals surface area contributed by atoms with E-state index in [0.717, 1.165) is 28.8 Å². The summed E-state index contributed by atoms with van der Waals surface area (Å²) in [6, 6.07) is 5.31. The standard InChI is InChI=1S/C13H15BrN4O/c1-2-5-15-12-6-13(19)18(17-8-12)9-11-4-3-10(14)7-16-11/h3-4,6-8,15H,2,5,9H2,1H3. The van der Waals surface area contributed by atoms with Gasteiger partial charge in [0.1, 0.15) is 0 Å². The predicted molar refractivity (Wildman–Crippen MR) is 78.3 cm³/mol. The highest BCUT2D eigenvalue weighted by Crippen LogP contribution is 2.08. The topological polar surface area (TPSA) is 59.8 Å². The monoisotopic (exact) mass is 322 g/mol. The molecule has 100 valence electrons. The lowest BCUT2D eigenvalue weighted by atomic mass is 10.3. The zero-order valence-corrected chi connectivity index (χ0v) is 12.2. The van der Waals surface area contributed by atoms with Crippen molar-refractivity contribution in [1.29, 1.82) is 0 Å². The zero-order valence-electron chi connectivity index (χ0n) is 10.6. The highest BCUT2D eigenvalue weighted by atomic mass is 79.9. The normalized spacial score (nSPS) is 10.4. The third kappa shape index (κ3) is 3.89. The molecule has 0 aliphatic carbocycles. The molecule has 0 radical (unpaired) electrons. The van der Waals surface area contributed by atoms with E-state index < -0.39 is 0 Å². The lowest BCUT2D eigenvalue weighted by Gasteiger charge is -2.07. The van der Waals surface area contributed by atoms with Gasteiger partial charge in [-0.3, -0.25) is 9.78 Å². The van der Waals surface area contributed by atoms with Gasteiger partial charge < -0.3 is 5.32 Å². The van der Waals surface area contributed by atoms with Crippen LogP contribution in [0.15, 0.2) is 39.9 Å². The zero-order chi connectivity index (χ0) is 13.7. The molecule has 0 saturated carbocycles. The van der Waals surface area contributed by atoms with Gasteiger partial charge in [0.15, 0.2) is 0 Å². The van der Waals surface area contributed by atoms with Crippen LogP contribution >= 0.6 is 15.9 Å². The molecule has 5 nitrogen and oxygen atoms in total. The van der Waals surface area contributed by atoms with Gasteiger partial charge in [0.25, 0.3) is 5.56 Å². The summed E-state index contributed by atoms with van der Waals surface area (Å²) in [4.78, 5) is 16.1. The van der Waals surface area contributed by atoms with E-state index in [-0.39, 0.29) is 5.56 Å². The molecule has 0 saturated heterocycles. The molecule has 2 aromatic rings. The molecule has 0 unspecified atom stereocenters. The van der Waals surface area contributed by atoms with E-state index in [4.69, 9.17) is 0 Å². The Kier molecular flexibility index (Phi) is 4.68. The first-order chi connectivity index (χ1) is 9.19. The van der Waals surface area contributed by atoms with Gasteiger partial charge >= 0.3 is 0 Å². The van der Waals surface area contributed by atoms with Crippen LogP contribution in [0.2, 0.25) is 0 Å². The average molecular weight is 323 g/mol. The number of nitrogens with one attached hydrogen (secondary N) is 1. The molecule has 6 heteroatoms. The first-order valence-corrected chi connectivity index (χ1v) is 6.90. The Labute approximate surface area is 119 Å². The lowest BCUT2D eigenvalue weighted by Crippen LogP contribution is -2.23. The maximum absolute atomic E-state index is 11.9. The fraction of sp³-hybridized carbons (Fsp3) is 0.308. The second-order valence-corrected chi connectivity index (χ2v) is 5.05. The number of pyridine rings is 1. The number of hydrogen-bond donors (Lipinski definition) is 1. The van der Waals surface area contributed by atoms with E-state index in [9.17, 15) is 4.79 Å². The summed E-state index contributed by atoms with van der Waals surface area (Å²) in [6.45, 7) is 3.28. The van der Waals surface area contributed by atoms with Crippen molar-refractivity contribution >= 4 is 21.6 Å². The number of halogens is 1. The van der Waals surface area contributed by atoms with Gasteiger partial charge in [0, 0.05) is 23.3 Å². The van der Waals surface area contributed by atoms with Crippen molar-refractivity contribution in [2.24, 2.45) is 0 Å². The molecule has 0 atom stereocenters. The van der Waals surface area contributed by atoms with Crippen molar-refractivity contribution in [1.82, 2.24) is 14.8 Å². The van der Waals surface area contributed by atoms with Crippen LogP contribution in [-0.2, 0) is 6.54 Å². The first kappa shape index (κ1) is 13.7. The number of rotatable bonds is 5. The molecule has 2 aromatic heterocycles. The largest absolute Gasteiger partial charge is 0.384 e. The highest BCUT2D eigenvalue weighted by molar-refractivity contribution is 9.10. The summed E-state index contributed by atoms with van der Waals surface area (Å²) in [5.74, 6) is 0. The summed E-state index contributed by atoms with van der Waals surface area (Å²) in [7, 11) is 0. The number of nitrogens with zero attached hydrogens (tertiary/aromatic N) is 3. The van der Waals surface area contributed by atoms with Crippen molar-refractivity contribution in [3.63, 3.8) is 0 Å². The van der Waals surface area contributed by atoms with Crippen molar-refractivity contribution in [3.8, 4) is 0 Å². The van der Waals surface area contributed by atoms with Gasteiger partial charge in [-0.1, -0.05) is 6.92 Å². The molecule has 0 aliphatic rings. The molecule has 19 heavy (non-hydrogen) atoms. The van der Waals surface area contributed by atoms with Crippen molar-refractivity contribution < 1.29 is 0 Å². The molecule has 0 aliphatic heterocycles. The van der Waals surface area contributed by atoms with E-state index in [0.29, 0.717) is 6.54 Å². The summed E-state index contributed by atoms with van der Waals surface area (Å²) >= 11 is 3.32. The number of hydrogen-bond acceptors (Lipinski definition) is 4. The Bertz CT molecular complexity index is 594. The van der Waals surface area contributed by atoms with Gasteiger partial charge in [0.2, 0.25) is 0 Å². The molecule has 0 bridgehead atoms. The Morgan fingerprint density at radius 3 is 2.84 bits per heavy atom. The predicted octanol–water partition coefficient (Wildman–Crippen LogP) is 2.27.